The van der Waals surface area contributed by atoms with Crippen molar-refractivity contribution in [1.29, 1.82) is 0 Å². The zero-order chi connectivity index (χ0) is 19.8. The third-order valence-electron chi connectivity index (χ3n) is 4.94. The van der Waals surface area contributed by atoms with Crippen molar-refractivity contribution in [3.63, 3.8) is 0 Å². The minimum Gasteiger partial charge on any atom is -0.373 e. The molecule has 0 spiro atoms. The maximum Gasteiger partial charge on any atom is 0.191 e. The summed E-state index contributed by atoms with van der Waals surface area (Å²) in [6.07, 6.45) is 4.75. The molecule has 160 valence electrons. The molecule has 6 nitrogen and oxygen atoms in total. The Morgan fingerprint density at radius 1 is 1.03 bits per heavy atom. The van der Waals surface area contributed by atoms with Crippen LogP contribution in [0.25, 0.3) is 0 Å². The topological polar surface area (TPSA) is 53.8 Å². The molecule has 1 saturated heterocycles. The molecule has 1 aliphatic heterocycles. The summed E-state index contributed by atoms with van der Waals surface area (Å²) in [6, 6.07) is 12.9. The molecule has 2 N–H and O–H groups in total. The van der Waals surface area contributed by atoms with Crippen LogP contribution >= 0.6 is 24.0 Å². The average molecular weight is 511 g/mol. The van der Waals surface area contributed by atoms with E-state index in [0.717, 1.165) is 45.2 Å². The molecule has 2 unspecified atom stereocenters. The van der Waals surface area contributed by atoms with Crippen molar-refractivity contribution in [1.82, 2.24) is 20.1 Å². The summed E-state index contributed by atoms with van der Waals surface area (Å²) < 4.78 is 7.97. The second kappa shape index (κ2) is 12.2. The fraction of sp³-hybridized carbons (Fsp3) is 0.500. The SMILES string of the molecule is CN=C(NCCn1cccc1)NCc1ccc(CN2CC(C)OC(C)C2)cc1.I. The second-order valence-electron chi connectivity index (χ2n) is 7.54. The van der Waals surface area contributed by atoms with Crippen LogP contribution in [0.1, 0.15) is 25.0 Å². The van der Waals surface area contributed by atoms with Gasteiger partial charge in [-0.3, -0.25) is 9.89 Å². The molecule has 0 amide bonds. The van der Waals surface area contributed by atoms with Crippen LogP contribution in [0, 0.1) is 0 Å². The Morgan fingerprint density at radius 3 is 2.28 bits per heavy atom. The Hall–Kier alpha value is -1.58. The van der Waals surface area contributed by atoms with Crippen molar-refractivity contribution in [2.45, 2.75) is 45.7 Å². The number of morpholine rings is 1. The number of rotatable bonds is 7. The first-order chi connectivity index (χ1) is 13.6. The van der Waals surface area contributed by atoms with Crippen LogP contribution in [0.15, 0.2) is 53.8 Å². The van der Waals surface area contributed by atoms with E-state index in [1.807, 2.05) is 12.1 Å². The van der Waals surface area contributed by atoms with E-state index in [1.54, 1.807) is 7.05 Å². The average Bonchev–Trinajstić information content (AvgIpc) is 3.18. The Balaban J connectivity index is 0.00000300. The van der Waals surface area contributed by atoms with Gasteiger partial charge in [-0.05, 0) is 37.1 Å². The number of guanidine groups is 1. The smallest absolute Gasteiger partial charge is 0.191 e. The summed E-state index contributed by atoms with van der Waals surface area (Å²) in [4.78, 5) is 6.77. The summed E-state index contributed by atoms with van der Waals surface area (Å²) in [5.74, 6) is 0.826. The molecule has 1 aromatic carbocycles. The molecule has 0 aliphatic carbocycles. The number of hydrogen-bond acceptors (Lipinski definition) is 3. The van der Waals surface area contributed by atoms with Gasteiger partial charge in [-0.2, -0.15) is 0 Å². The van der Waals surface area contributed by atoms with E-state index in [9.17, 15) is 0 Å². The van der Waals surface area contributed by atoms with Gasteiger partial charge < -0.3 is 19.9 Å². The molecule has 0 radical (unpaired) electrons. The van der Waals surface area contributed by atoms with E-state index in [1.165, 1.54) is 11.1 Å². The van der Waals surface area contributed by atoms with Crippen LogP contribution in [0.5, 0.6) is 0 Å². The highest BCUT2D eigenvalue weighted by atomic mass is 127. The maximum atomic E-state index is 5.82. The van der Waals surface area contributed by atoms with Crippen LogP contribution in [-0.4, -0.2) is 54.3 Å². The van der Waals surface area contributed by atoms with Gasteiger partial charge in [0, 0.05) is 58.7 Å². The Kier molecular flexibility index (Phi) is 9.96. The summed E-state index contributed by atoms with van der Waals surface area (Å²) >= 11 is 0. The van der Waals surface area contributed by atoms with Crippen molar-refractivity contribution in [3.05, 3.63) is 59.9 Å². The van der Waals surface area contributed by atoms with E-state index in [4.69, 9.17) is 4.74 Å². The summed E-state index contributed by atoms with van der Waals surface area (Å²) in [6.45, 7) is 9.79. The second-order valence-corrected chi connectivity index (χ2v) is 7.54. The fourth-order valence-corrected chi connectivity index (χ4v) is 3.66. The normalized spacial score (nSPS) is 20.2. The maximum absolute atomic E-state index is 5.82. The fourth-order valence-electron chi connectivity index (χ4n) is 3.66. The monoisotopic (exact) mass is 511 g/mol. The Bertz CT molecular complexity index is 722. The van der Waals surface area contributed by atoms with Crippen LogP contribution in [-0.2, 0) is 24.4 Å². The van der Waals surface area contributed by atoms with E-state index in [-0.39, 0.29) is 24.0 Å². The van der Waals surface area contributed by atoms with Gasteiger partial charge in [-0.15, -0.1) is 24.0 Å². The third kappa shape index (κ3) is 7.98. The summed E-state index contributed by atoms with van der Waals surface area (Å²) in [5.41, 5.74) is 2.60. The van der Waals surface area contributed by atoms with E-state index < -0.39 is 0 Å². The zero-order valence-electron chi connectivity index (χ0n) is 17.7. The van der Waals surface area contributed by atoms with Gasteiger partial charge in [0.2, 0.25) is 0 Å². The van der Waals surface area contributed by atoms with E-state index in [0.29, 0.717) is 12.2 Å². The Morgan fingerprint density at radius 2 is 1.66 bits per heavy atom. The zero-order valence-corrected chi connectivity index (χ0v) is 20.0. The number of aromatic nitrogens is 1. The quantitative estimate of drug-likeness (QED) is 0.341. The van der Waals surface area contributed by atoms with Gasteiger partial charge in [0.25, 0.3) is 0 Å². The van der Waals surface area contributed by atoms with Gasteiger partial charge in [0.05, 0.1) is 12.2 Å². The first kappa shape index (κ1) is 23.7. The van der Waals surface area contributed by atoms with Crippen molar-refractivity contribution in [3.8, 4) is 0 Å². The molecule has 1 aromatic heterocycles. The highest BCUT2D eigenvalue weighted by Crippen LogP contribution is 2.14. The van der Waals surface area contributed by atoms with Crippen LogP contribution in [0.2, 0.25) is 0 Å². The number of halogens is 1. The lowest BCUT2D eigenvalue weighted by molar-refractivity contribution is -0.0704. The summed E-state index contributed by atoms with van der Waals surface area (Å²) in [5, 5.41) is 6.73. The van der Waals surface area contributed by atoms with Crippen molar-refractivity contribution < 1.29 is 4.74 Å². The number of hydrogen-bond donors (Lipinski definition) is 2. The molecule has 1 aliphatic rings. The number of nitrogens with one attached hydrogen (secondary N) is 2. The molecule has 1 fully saturated rings. The van der Waals surface area contributed by atoms with Crippen LogP contribution in [0.3, 0.4) is 0 Å². The minimum absolute atomic E-state index is 0. The highest BCUT2D eigenvalue weighted by molar-refractivity contribution is 14.0. The van der Waals surface area contributed by atoms with Crippen LogP contribution < -0.4 is 10.6 Å². The predicted octanol–water partition coefficient (Wildman–Crippen LogP) is 3.08. The lowest BCUT2D eigenvalue weighted by Gasteiger charge is -2.35. The minimum atomic E-state index is 0. The van der Waals surface area contributed by atoms with Gasteiger partial charge in [0.1, 0.15) is 0 Å². The number of benzene rings is 1. The molecule has 7 heteroatoms. The number of ether oxygens (including phenoxy) is 1. The lowest BCUT2D eigenvalue weighted by Crippen LogP contribution is -2.44. The largest absolute Gasteiger partial charge is 0.373 e. The van der Waals surface area contributed by atoms with Crippen molar-refractivity contribution in [2.75, 3.05) is 26.7 Å². The van der Waals surface area contributed by atoms with Crippen LogP contribution in [0.4, 0.5) is 0 Å². The predicted molar refractivity (Wildman–Crippen MR) is 130 cm³/mol. The summed E-state index contributed by atoms with van der Waals surface area (Å²) in [7, 11) is 1.80. The van der Waals surface area contributed by atoms with Gasteiger partial charge in [-0.25, -0.2) is 0 Å². The highest BCUT2D eigenvalue weighted by Gasteiger charge is 2.21. The molecule has 0 bridgehead atoms. The Labute approximate surface area is 191 Å². The van der Waals surface area contributed by atoms with Crippen molar-refractivity contribution >= 4 is 29.9 Å². The molecule has 3 rings (SSSR count). The van der Waals surface area contributed by atoms with Crippen molar-refractivity contribution in [2.24, 2.45) is 4.99 Å². The van der Waals surface area contributed by atoms with E-state index >= 15 is 0 Å². The first-order valence-electron chi connectivity index (χ1n) is 10.1. The molecular weight excluding hydrogens is 477 g/mol. The van der Waals surface area contributed by atoms with Gasteiger partial charge in [-0.1, -0.05) is 24.3 Å². The molecular formula is C22H34IN5O. The number of nitrogens with zero attached hydrogens (tertiary/aromatic N) is 3. The third-order valence-corrected chi connectivity index (χ3v) is 4.94. The molecule has 29 heavy (non-hydrogen) atoms. The molecule has 2 heterocycles. The number of aliphatic imine (C=N–C) groups is 1. The standard InChI is InChI=1S/C22H33N5O.HI/c1-18-15-27(16-19(2)28-18)17-21-8-6-20(7-9-21)14-25-22(23-3)24-10-13-26-11-4-5-12-26;/h4-9,11-12,18-19H,10,13-17H2,1-3H3,(H2,23,24,25);1H. The van der Waals surface area contributed by atoms with E-state index in [2.05, 4.69) is 75.6 Å². The molecule has 2 atom stereocenters. The van der Waals surface area contributed by atoms with Gasteiger partial charge in [0.15, 0.2) is 5.96 Å². The molecule has 2 aromatic rings. The first-order valence-corrected chi connectivity index (χ1v) is 10.1. The lowest BCUT2D eigenvalue weighted by atomic mass is 10.1. The van der Waals surface area contributed by atoms with Gasteiger partial charge >= 0.3 is 0 Å². The molecule has 0 saturated carbocycles.